The monoisotopic (exact) mass is 1500 g/mol. The Morgan fingerprint density at radius 2 is 1.11 bits per heavy atom. The van der Waals surface area contributed by atoms with Gasteiger partial charge in [-0.25, -0.2) is 0 Å². The molecule has 0 aromatic heterocycles. The molecule has 2 unspecified atom stereocenters. The van der Waals surface area contributed by atoms with Crippen LogP contribution in [0.5, 0.6) is 0 Å². The first kappa shape index (κ1) is 84.0. The molecule has 0 bridgehead atoms. The quantitative estimate of drug-likeness (QED) is 0.119. The Balaban J connectivity index is 1.62. The number of carbonyl (C=O) groups excluding carboxylic acids is 12. The van der Waals surface area contributed by atoms with Gasteiger partial charge < -0.3 is 65.2 Å². The molecule has 99 heavy (non-hydrogen) atoms. The number of halogens is 1. The number of carbonyl (C=O) groups is 12. The van der Waals surface area contributed by atoms with Crippen LogP contribution in [-0.2, 0) is 62.3 Å². The van der Waals surface area contributed by atoms with Crippen molar-refractivity contribution in [1.29, 1.82) is 0 Å². The van der Waals surface area contributed by atoms with Gasteiger partial charge in [0.2, 0.25) is 70.9 Å². The van der Waals surface area contributed by atoms with Gasteiger partial charge in [0.15, 0.2) is 0 Å². The van der Waals surface area contributed by atoms with Crippen LogP contribution in [0.15, 0.2) is 0 Å². The summed E-state index contributed by atoms with van der Waals surface area (Å²) in [5, 5.41) is 11.9. The summed E-state index contributed by atoms with van der Waals surface area (Å²) in [7, 11) is 11.9. The molecule has 0 aromatic carbocycles. The summed E-state index contributed by atoms with van der Waals surface area (Å²) in [5.74, 6) is -7.45. The Morgan fingerprint density at radius 1 is 0.545 bits per heavy atom. The van der Waals surface area contributed by atoms with Crippen LogP contribution in [-0.4, -0.2) is 257 Å². The fourth-order valence-electron chi connectivity index (χ4n) is 14.8. The van der Waals surface area contributed by atoms with Crippen LogP contribution in [0.1, 0.15) is 204 Å². The largest absolute Gasteiger partial charge is 0.381 e. The highest BCUT2D eigenvalue weighted by Crippen LogP contribution is 2.35. The van der Waals surface area contributed by atoms with Gasteiger partial charge in [0, 0.05) is 73.5 Å². The van der Waals surface area contributed by atoms with Gasteiger partial charge in [0.1, 0.15) is 47.8 Å². The molecule has 562 valence electrons. The number of methoxy groups -OCH3 is 1. The van der Waals surface area contributed by atoms with Crippen LogP contribution in [0.25, 0.3) is 0 Å². The summed E-state index contributed by atoms with van der Waals surface area (Å²) in [6, 6.07) is -8.36. The number of hydrogen-bond acceptors (Lipinski definition) is 13. The third kappa shape index (κ3) is 24.2. The van der Waals surface area contributed by atoms with Crippen molar-refractivity contribution in [2.24, 2.45) is 41.4 Å². The van der Waals surface area contributed by atoms with Gasteiger partial charge in [0.25, 0.3) is 0 Å². The number of rotatable bonds is 14. The molecule has 2 saturated heterocycles. The maximum absolute atomic E-state index is 15.4. The standard InChI is InChI=1S/C73H125IN12O13/c1-18-48(7)64-71(97)81(12)43-62(89)79(10)44-63(90)83(14)58(40-50-27-25-47(6)26-28-50)69(95)80(11)42-60(87)75-54(39-51-23-22-24-52(74)37-51)65(91)76-56(38-49-29-31-53(99-17)32-30-49)68(94)85(16)73(8,9)72(98)77-55(35-45(2)3)67(93)84(15)59(70(96)86-33-20-19-21-34-86)41-61(88)82(13)57(36-46(4)5)66(92)78-64/h45-59,64H,18-44H2,1-17H3,(H,75,87)(H,76,91)(H,77,98)(H,78,92)/t47?,48-,49?,50?,51?,52?,53?,54-,55-,56-,57-,58-,59-,64-/m0/s1. The average Bonchev–Trinajstić information content (AvgIpc) is 0.808. The maximum atomic E-state index is 15.4. The van der Waals surface area contributed by atoms with E-state index in [1.165, 1.54) is 83.6 Å². The molecular formula is C73H125IN12O13. The number of hydrogen-bond donors (Lipinski definition) is 4. The molecule has 3 saturated carbocycles. The van der Waals surface area contributed by atoms with Gasteiger partial charge in [0.05, 0.1) is 32.2 Å². The molecule has 0 aromatic rings. The summed E-state index contributed by atoms with van der Waals surface area (Å²) >= 11 is 2.42. The number of amides is 12. The lowest BCUT2D eigenvalue weighted by Crippen LogP contribution is -2.64. The number of nitrogens with one attached hydrogen (secondary N) is 4. The van der Waals surface area contributed by atoms with Gasteiger partial charge in [-0.2, -0.15) is 0 Å². The molecule has 0 spiro atoms. The van der Waals surface area contributed by atoms with Crippen molar-refractivity contribution in [1.82, 2.24) is 60.5 Å². The van der Waals surface area contributed by atoms with Crippen LogP contribution in [0, 0.1) is 41.4 Å². The summed E-state index contributed by atoms with van der Waals surface area (Å²) in [4.78, 5) is 189. The molecule has 25 nitrogen and oxygen atoms in total. The molecule has 5 aliphatic rings. The first-order valence-corrected chi connectivity index (χ1v) is 38.2. The third-order valence-corrected chi connectivity index (χ3v) is 23.3. The molecule has 5 fully saturated rings. The maximum Gasteiger partial charge on any atom is 0.246 e. The summed E-state index contributed by atoms with van der Waals surface area (Å²) in [5.41, 5.74) is -1.68. The zero-order valence-electron chi connectivity index (χ0n) is 63.1. The molecule has 26 heteroatoms. The molecule has 10 atom stereocenters. The molecular weight excluding hydrogens is 1380 g/mol. The minimum absolute atomic E-state index is 0.0327. The highest BCUT2D eigenvalue weighted by molar-refractivity contribution is 14.1. The van der Waals surface area contributed by atoms with E-state index in [0.717, 1.165) is 70.6 Å². The second-order valence-electron chi connectivity index (χ2n) is 31.4. The van der Waals surface area contributed by atoms with Gasteiger partial charge in [-0.05, 0) is 145 Å². The lowest BCUT2D eigenvalue weighted by Gasteiger charge is -2.40. The fourth-order valence-corrected chi connectivity index (χ4v) is 16.0. The van der Waals surface area contributed by atoms with Gasteiger partial charge >= 0.3 is 0 Å². The fraction of sp³-hybridized carbons (Fsp3) is 0.836. The second kappa shape index (κ2) is 39.1. The Kier molecular flexibility index (Phi) is 33.2. The van der Waals surface area contributed by atoms with E-state index in [4.69, 9.17) is 4.74 Å². The zero-order chi connectivity index (χ0) is 73.9. The molecule has 4 N–H and O–H groups in total. The highest BCUT2D eigenvalue weighted by atomic mass is 127. The number of likely N-dealkylation sites (N-methyl/N-ethyl adjacent to an activating group) is 7. The minimum atomic E-state index is -1.68. The zero-order valence-corrected chi connectivity index (χ0v) is 65.2. The van der Waals surface area contributed by atoms with E-state index >= 15 is 19.2 Å². The topological polar surface area (TPSA) is 288 Å². The van der Waals surface area contributed by atoms with E-state index in [2.05, 4.69) is 50.8 Å². The van der Waals surface area contributed by atoms with Crippen molar-refractivity contribution >= 4 is 93.5 Å². The number of nitrogens with zero attached hydrogens (tertiary/aromatic N) is 8. The van der Waals surface area contributed by atoms with E-state index in [0.29, 0.717) is 61.5 Å². The average molecular weight is 1510 g/mol. The van der Waals surface area contributed by atoms with Gasteiger partial charge in [-0.1, -0.05) is 116 Å². The smallest absolute Gasteiger partial charge is 0.246 e. The van der Waals surface area contributed by atoms with E-state index in [-0.39, 0.29) is 61.4 Å². The molecule has 2 aliphatic heterocycles. The van der Waals surface area contributed by atoms with Crippen LogP contribution in [0.3, 0.4) is 0 Å². The third-order valence-electron chi connectivity index (χ3n) is 22.2. The van der Waals surface area contributed by atoms with E-state index in [1.54, 1.807) is 32.8 Å². The minimum Gasteiger partial charge on any atom is -0.381 e. The second-order valence-corrected chi connectivity index (χ2v) is 33.1. The molecule has 0 radical (unpaired) electrons. The van der Waals surface area contributed by atoms with E-state index in [9.17, 15) is 38.4 Å². The Bertz CT molecular complexity index is 2770. The number of alkyl halides is 1. The van der Waals surface area contributed by atoms with Gasteiger partial charge in [-0.15, -0.1) is 0 Å². The van der Waals surface area contributed by atoms with Crippen LogP contribution < -0.4 is 21.3 Å². The number of piperidine rings is 1. The number of likely N-dealkylation sites (tertiary alicyclic amines) is 1. The molecule has 12 amide bonds. The lowest BCUT2D eigenvalue weighted by molar-refractivity contribution is -0.152. The van der Waals surface area contributed by atoms with Crippen molar-refractivity contribution in [3.8, 4) is 0 Å². The van der Waals surface area contributed by atoms with Crippen LogP contribution in [0.2, 0.25) is 0 Å². The van der Waals surface area contributed by atoms with Crippen molar-refractivity contribution in [3.63, 3.8) is 0 Å². The summed E-state index contributed by atoms with van der Waals surface area (Å²) < 4.78 is 6.04. The van der Waals surface area contributed by atoms with Crippen molar-refractivity contribution in [2.45, 2.75) is 261 Å². The Labute approximate surface area is 605 Å². The highest BCUT2D eigenvalue weighted by Gasteiger charge is 2.45. The summed E-state index contributed by atoms with van der Waals surface area (Å²) in [6.07, 6.45) is 13.2. The van der Waals surface area contributed by atoms with Gasteiger partial charge in [-0.3, -0.25) is 57.5 Å². The molecule has 3 aliphatic carbocycles. The van der Waals surface area contributed by atoms with Crippen molar-refractivity contribution in [2.75, 3.05) is 89.2 Å². The molecule has 5 rings (SSSR count). The molecule has 2 heterocycles. The van der Waals surface area contributed by atoms with Crippen LogP contribution >= 0.6 is 22.6 Å². The first-order chi connectivity index (χ1) is 46.5. The van der Waals surface area contributed by atoms with Crippen molar-refractivity contribution in [3.05, 3.63) is 0 Å². The SMILES string of the molecule is CC[C@H](C)[C@@H]1NC(=O)[C@H](CC(C)C)N(C)C(=O)C[C@@H](C(=O)N2CCCCC2)N(C)C(=O)[C@H](CC(C)C)NC(=O)C(C)(C)N(C)C(=O)[C@H](CC2CCC(OC)CC2)NC(=O)[C@H](CC2CCCC(I)C2)NC(=O)CN(C)C(=O)[C@H](CC2CCC(C)CC2)N(C)C(=O)CN(C)C(=O)CN(C)C1=O. The predicted molar refractivity (Wildman–Crippen MR) is 388 cm³/mol. The normalized spacial score (nSPS) is 30.7. The summed E-state index contributed by atoms with van der Waals surface area (Å²) in [6.45, 7) is 15.8. The predicted octanol–water partition coefficient (Wildman–Crippen LogP) is 5.77. The Hall–Kier alpha value is -5.67. The van der Waals surface area contributed by atoms with Crippen molar-refractivity contribution < 1.29 is 62.3 Å². The first-order valence-electron chi connectivity index (χ1n) is 37.0. The Morgan fingerprint density at radius 3 is 1.70 bits per heavy atom. The van der Waals surface area contributed by atoms with E-state index in [1.807, 2.05) is 34.6 Å². The number of ether oxygens (including phenoxy) is 1. The van der Waals surface area contributed by atoms with E-state index < -0.39 is 151 Å². The van der Waals surface area contributed by atoms with Crippen LogP contribution in [0.4, 0.5) is 0 Å². The lowest BCUT2D eigenvalue weighted by atomic mass is 9.79.